The number of carbonyl (C=O) groups excluding carboxylic acids is 1. The Morgan fingerprint density at radius 3 is 2.79 bits per heavy atom. The maximum atomic E-state index is 12.2. The molecule has 1 amide bonds. The Balaban J connectivity index is 1.26. The standard InChI is InChI=1S/C21H24N4O2S/c26-19(22-12-4-8-16-6-2-1-3-7-16)15-28-21-24-23-20(17-10-11-17)25(21)14-18-9-5-13-27-18/h1-3,5-7,9,13,17H,4,8,10-12,14-15H2,(H,22,26). The first-order valence-electron chi connectivity index (χ1n) is 9.68. The third kappa shape index (κ3) is 5.04. The lowest BCUT2D eigenvalue weighted by atomic mass is 10.1. The fraction of sp³-hybridized carbons (Fsp3) is 0.381. The van der Waals surface area contributed by atoms with Crippen LogP contribution in [0, 0.1) is 0 Å². The van der Waals surface area contributed by atoms with Crippen LogP contribution in [0.4, 0.5) is 0 Å². The molecule has 1 aliphatic carbocycles. The number of hydrogen-bond donors (Lipinski definition) is 1. The number of furan rings is 1. The van der Waals surface area contributed by atoms with Gasteiger partial charge >= 0.3 is 0 Å². The van der Waals surface area contributed by atoms with E-state index >= 15 is 0 Å². The van der Waals surface area contributed by atoms with Crippen molar-refractivity contribution in [2.24, 2.45) is 0 Å². The highest BCUT2D eigenvalue weighted by Gasteiger charge is 2.30. The van der Waals surface area contributed by atoms with Gasteiger partial charge < -0.3 is 9.73 Å². The van der Waals surface area contributed by atoms with Crippen molar-refractivity contribution in [3.05, 3.63) is 65.9 Å². The van der Waals surface area contributed by atoms with E-state index in [4.69, 9.17) is 4.42 Å². The highest BCUT2D eigenvalue weighted by molar-refractivity contribution is 7.99. The normalized spacial score (nSPS) is 13.6. The Kier molecular flexibility index (Phi) is 6.11. The lowest BCUT2D eigenvalue weighted by molar-refractivity contribution is -0.118. The number of aromatic nitrogens is 3. The second-order valence-electron chi connectivity index (χ2n) is 7.01. The third-order valence-electron chi connectivity index (χ3n) is 4.72. The monoisotopic (exact) mass is 396 g/mol. The number of nitrogens with one attached hydrogen (secondary N) is 1. The van der Waals surface area contributed by atoms with Crippen LogP contribution in [0.15, 0.2) is 58.3 Å². The Hall–Kier alpha value is -2.54. The van der Waals surface area contributed by atoms with Crippen LogP contribution in [0.1, 0.15) is 42.3 Å². The largest absolute Gasteiger partial charge is 0.467 e. The smallest absolute Gasteiger partial charge is 0.230 e. The van der Waals surface area contributed by atoms with Crippen LogP contribution >= 0.6 is 11.8 Å². The van der Waals surface area contributed by atoms with E-state index in [9.17, 15) is 4.79 Å². The first-order valence-corrected chi connectivity index (χ1v) is 10.7. The van der Waals surface area contributed by atoms with Gasteiger partial charge in [-0.2, -0.15) is 0 Å². The SMILES string of the molecule is O=C(CSc1nnc(C2CC2)n1Cc1ccco1)NCCCc1ccccc1. The summed E-state index contributed by atoms with van der Waals surface area (Å²) >= 11 is 1.43. The minimum Gasteiger partial charge on any atom is -0.467 e. The van der Waals surface area contributed by atoms with Gasteiger partial charge in [-0.25, -0.2) is 0 Å². The predicted molar refractivity (Wildman–Crippen MR) is 108 cm³/mol. The maximum Gasteiger partial charge on any atom is 0.230 e. The molecule has 1 aliphatic rings. The van der Waals surface area contributed by atoms with Crippen molar-refractivity contribution in [3.8, 4) is 0 Å². The van der Waals surface area contributed by atoms with E-state index in [-0.39, 0.29) is 5.91 Å². The highest BCUT2D eigenvalue weighted by Crippen LogP contribution is 2.40. The zero-order valence-corrected chi connectivity index (χ0v) is 16.5. The molecule has 0 atom stereocenters. The number of amides is 1. The van der Waals surface area contributed by atoms with E-state index in [1.807, 2.05) is 30.3 Å². The summed E-state index contributed by atoms with van der Waals surface area (Å²) in [5.41, 5.74) is 1.30. The molecule has 146 valence electrons. The average Bonchev–Trinajstić information content (AvgIpc) is 3.28. The molecule has 0 saturated heterocycles. The molecule has 1 fully saturated rings. The molecule has 7 heteroatoms. The van der Waals surface area contributed by atoms with Crippen molar-refractivity contribution < 1.29 is 9.21 Å². The molecule has 0 spiro atoms. The van der Waals surface area contributed by atoms with Crippen LogP contribution in [0.25, 0.3) is 0 Å². The van der Waals surface area contributed by atoms with Gasteiger partial charge in [0.05, 0.1) is 18.6 Å². The lowest BCUT2D eigenvalue weighted by Gasteiger charge is -2.08. The number of aryl methyl sites for hydroxylation is 1. The summed E-state index contributed by atoms with van der Waals surface area (Å²) in [5, 5.41) is 12.5. The van der Waals surface area contributed by atoms with Gasteiger partial charge in [0.2, 0.25) is 5.91 Å². The predicted octanol–water partition coefficient (Wildman–Crippen LogP) is 3.64. The van der Waals surface area contributed by atoms with Crippen LogP contribution in [-0.2, 0) is 17.8 Å². The van der Waals surface area contributed by atoms with Gasteiger partial charge in [0.15, 0.2) is 5.16 Å². The molecule has 3 aromatic rings. The molecule has 0 unspecified atom stereocenters. The first kappa shape index (κ1) is 18.8. The second kappa shape index (κ2) is 9.10. The zero-order chi connectivity index (χ0) is 19.2. The summed E-state index contributed by atoms with van der Waals surface area (Å²) in [5.74, 6) is 2.73. The molecule has 2 aromatic heterocycles. The third-order valence-corrected chi connectivity index (χ3v) is 5.69. The van der Waals surface area contributed by atoms with Crippen molar-refractivity contribution in [1.29, 1.82) is 0 Å². The fourth-order valence-electron chi connectivity index (χ4n) is 3.10. The summed E-state index contributed by atoms with van der Waals surface area (Å²) in [4.78, 5) is 12.2. The van der Waals surface area contributed by atoms with Gasteiger partial charge in [0.25, 0.3) is 0 Å². The number of rotatable bonds is 10. The summed E-state index contributed by atoms with van der Waals surface area (Å²) in [6.45, 7) is 1.29. The molecule has 1 aromatic carbocycles. The van der Waals surface area contributed by atoms with Crippen molar-refractivity contribution in [3.63, 3.8) is 0 Å². The number of benzene rings is 1. The Morgan fingerprint density at radius 1 is 1.18 bits per heavy atom. The van der Waals surface area contributed by atoms with E-state index in [1.54, 1.807) is 6.26 Å². The Labute approximate surface area is 168 Å². The van der Waals surface area contributed by atoms with Gasteiger partial charge in [0, 0.05) is 12.5 Å². The summed E-state index contributed by atoms with van der Waals surface area (Å²) in [6, 6.07) is 14.2. The molecule has 2 heterocycles. The Morgan fingerprint density at radius 2 is 2.04 bits per heavy atom. The van der Waals surface area contributed by atoms with Crippen molar-refractivity contribution >= 4 is 17.7 Å². The Bertz CT molecular complexity index is 889. The van der Waals surface area contributed by atoms with Crippen molar-refractivity contribution in [2.45, 2.75) is 43.3 Å². The highest BCUT2D eigenvalue weighted by atomic mass is 32.2. The summed E-state index contributed by atoms with van der Waals surface area (Å²) in [6.07, 6.45) is 5.88. The number of nitrogens with zero attached hydrogens (tertiary/aromatic N) is 3. The van der Waals surface area contributed by atoms with E-state index in [2.05, 4.69) is 32.2 Å². The molecule has 0 aliphatic heterocycles. The number of carbonyl (C=O) groups is 1. The van der Waals surface area contributed by atoms with Crippen LogP contribution in [-0.4, -0.2) is 33.0 Å². The minimum atomic E-state index is 0.0265. The first-order chi connectivity index (χ1) is 13.8. The zero-order valence-electron chi connectivity index (χ0n) is 15.7. The number of hydrogen-bond acceptors (Lipinski definition) is 5. The van der Waals surface area contributed by atoms with E-state index in [0.29, 0.717) is 24.8 Å². The molecule has 6 nitrogen and oxygen atoms in total. The van der Waals surface area contributed by atoms with Crippen LogP contribution in [0.5, 0.6) is 0 Å². The average molecular weight is 397 g/mol. The van der Waals surface area contributed by atoms with Gasteiger partial charge in [0.1, 0.15) is 11.6 Å². The van der Waals surface area contributed by atoms with Crippen LogP contribution in [0.2, 0.25) is 0 Å². The molecular weight excluding hydrogens is 372 g/mol. The van der Waals surface area contributed by atoms with Gasteiger partial charge in [-0.05, 0) is 43.4 Å². The van der Waals surface area contributed by atoms with E-state index < -0.39 is 0 Å². The molecule has 0 bridgehead atoms. The molecule has 0 radical (unpaired) electrons. The second-order valence-corrected chi connectivity index (χ2v) is 7.95. The fourth-order valence-corrected chi connectivity index (χ4v) is 3.88. The topological polar surface area (TPSA) is 73.0 Å². The molecule has 1 saturated carbocycles. The van der Waals surface area contributed by atoms with Gasteiger partial charge in [-0.1, -0.05) is 42.1 Å². The quantitative estimate of drug-likeness (QED) is 0.418. The minimum absolute atomic E-state index is 0.0265. The van der Waals surface area contributed by atoms with E-state index in [1.165, 1.54) is 17.3 Å². The van der Waals surface area contributed by atoms with Crippen LogP contribution < -0.4 is 5.32 Å². The van der Waals surface area contributed by atoms with Gasteiger partial charge in [-0.15, -0.1) is 10.2 Å². The molecule has 28 heavy (non-hydrogen) atoms. The summed E-state index contributed by atoms with van der Waals surface area (Å²) in [7, 11) is 0. The maximum absolute atomic E-state index is 12.2. The van der Waals surface area contributed by atoms with Crippen molar-refractivity contribution in [1.82, 2.24) is 20.1 Å². The number of thioether (sulfide) groups is 1. The molecule has 4 rings (SSSR count). The van der Waals surface area contributed by atoms with E-state index in [0.717, 1.165) is 42.4 Å². The van der Waals surface area contributed by atoms with Gasteiger partial charge in [-0.3, -0.25) is 9.36 Å². The molecular formula is C21H24N4O2S. The summed E-state index contributed by atoms with van der Waals surface area (Å²) < 4.78 is 7.57. The van der Waals surface area contributed by atoms with Crippen LogP contribution in [0.3, 0.4) is 0 Å². The molecule has 1 N–H and O–H groups in total. The lowest BCUT2D eigenvalue weighted by Crippen LogP contribution is -2.26. The van der Waals surface area contributed by atoms with Crippen molar-refractivity contribution in [2.75, 3.05) is 12.3 Å².